The number of amidine groups is 1. The topological polar surface area (TPSA) is 69.9 Å². The molecule has 1 aliphatic rings. The summed E-state index contributed by atoms with van der Waals surface area (Å²) in [5.41, 5.74) is 1.39. The maximum Gasteiger partial charge on any atom is 0.231 e. The fourth-order valence-electron chi connectivity index (χ4n) is 2.69. The number of para-hydroxylation sites is 1. The minimum absolute atomic E-state index is 0.0627. The van der Waals surface area contributed by atoms with Gasteiger partial charge in [0.2, 0.25) is 5.88 Å². The van der Waals surface area contributed by atoms with E-state index in [0.717, 1.165) is 22.1 Å². The van der Waals surface area contributed by atoms with Crippen molar-refractivity contribution in [2.75, 3.05) is 5.32 Å². The van der Waals surface area contributed by atoms with E-state index in [1.165, 1.54) is 11.3 Å². The molecule has 1 aliphatic heterocycles. The summed E-state index contributed by atoms with van der Waals surface area (Å²) < 4.78 is 0. The first-order valence-electron chi connectivity index (χ1n) is 8.60. The lowest BCUT2D eigenvalue weighted by Crippen LogP contribution is -2.07. The van der Waals surface area contributed by atoms with Crippen LogP contribution >= 0.6 is 34.5 Å². The quantitative estimate of drug-likeness (QED) is 0.608. The van der Waals surface area contributed by atoms with Gasteiger partial charge >= 0.3 is 0 Å². The second-order valence-electron chi connectivity index (χ2n) is 6.56. The van der Waals surface area contributed by atoms with Crippen molar-refractivity contribution in [2.24, 2.45) is 15.9 Å². The van der Waals surface area contributed by atoms with Crippen molar-refractivity contribution >= 4 is 63.0 Å². The number of nitrogens with zero attached hydrogens (tertiary/aromatic N) is 3. The SMILES string of the molecule is CC(C)C1=Nc2cc(=Cc3sc(Nc4c(Cl)cccc4Cl)nc3O)ccc2=N1. The molecule has 2 N–H and O–H groups in total. The van der Waals surface area contributed by atoms with Gasteiger partial charge in [-0.2, -0.15) is 4.98 Å². The maximum atomic E-state index is 10.2. The van der Waals surface area contributed by atoms with E-state index in [4.69, 9.17) is 23.2 Å². The monoisotopic (exact) mass is 430 g/mol. The van der Waals surface area contributed by atoms with Gasteiger partial charge in [0, 0.05) is 5.92 Å². The summed E-state index contributed by atoms with van der Waals surface area (Å²) in [6, 6.07) is 11.1. The second-order valence-corrected chi connectivity index (χ2v) is 8.40. The van der Waals surface area contributed by atoms with Crippen LogP contribution in [0.1, 0.15) is 18.7 Å². The molecule has 142 valence electrons. The number of nitrogens with one attached hydrogen (secondary N) is 1. The predicted octanol–water partition coefficient (Wildman–Crippen LogP) is 5.05. The number of rotatable bonds is 4. The molecule has 0 spiro atoms. The Bertz CT molecular complexity index is 1200. The summed E-state index contributed by atoms with van der Waals surface area (Å²) in [6.45, 7) is 4.13. The van der Waals surface area contributed by atoms with Crippen LogP contribution in [0.25, 0.3) is 6.08 Å². The molecule has 0 unspecified atom stereocenters. The summed E-state index contributed by atoms with van der Waals surface area (Å²) in [5, 5.41) is 16.5. The van der Waals surface area contributed by atoms with Gasteiger partial charge < -0.3 is 10.4 Å². The molecule has 0 saturated carbocycles. The van der Waals surface area contributed by atoms with E-state index >= 15 is 0 Å². The minimum atomic E-state index is -0.0627. The van der Waals surface area contributed by atoms with E-state index in [1.807, 2.05) is 24.3 Å². The number of fused-ring (bicyclic) bond motifs is 1. The molecule has 0 aliphatic carbocycles. The van der Waals surface area contributed by atoms with E-state index in [9.17, 15) is 5.11 Å². The number of hydrogen-bond donors (Lipinski definition) is 2. The lowest BCUT2D eigenvalue weighted by Gasteiger charge is -2.06. The average Bonchev–Trinajstić information content (AvgIpc) is 3.22. The molecular weight excluding hydrogens is 415 g/mol. The highest BCUT2D eigenvalue weighted by Crippen LogP contribution is 2.36. The van der Waals surface area contributed by atoms with Gasteiger partial charge in [0.05, 0.1) is 31.7 Å². The van der Waals surface area contributed by atoms with E-state index in [0.29, 0.717) is 25.7 Å². The highest BCUT2D eigenvalue weighted by Gasteiger charge is 2.13. The Morgan fingerprint density at radius 3 is 2.57 bits per heavy atom. The van der Waals surface area contributed by atoms with Gasteiger partial charge in [-0.15, -0.1) is 0 Å². The molecule has 0 fully saturated rings. The van der Waals surface area contributed by atoms with Crippen LogP contribution < -0.4 is 15.9 Å². The van der Waals surface area contributed by atoms with Crippen LogP contribution in [0.5, 0.6) is 5.88 Å². The predicted molar refractivity (Wildman–Crippen MR) is 116 cm³/mol. The lowest BCUT2D eigenvalue weighted by atomic mass is 10.2. The first-order valence-corrected chi connectivity index (χ1v) is 10.2. The summed E-state index contributed by atoms with van der Waals surface area (Å²) >= 11 is 13.7. The Morgan fingerprint density at radius 2 is 1.86 bits per heavy atom. The van der Waals surface area contributed by atoms with E-state index < -0.39 is 0 Å². The maximum absolute atomic E-state index is 10.2. The van der Waals surface area contributed by atoms with Crippen LogP contribution in [0.2, 0.25) is 10.0 Å². The van der Waals surface area contributed by atoms with E-state index in [1.54, 1.807) is 18.2 Å². The van der Waals surface area contributed by atoms with Crippen molar-refractivity contribution in [3.63, 3.8) is 0 Å². The largest absolute Gasteiger partial charge is 0.492 e. The number of aliphatic imine (C=N–C) groups is 1. The molecule has 3 aromatic rings. The van der Waals surface area contributed by atoms with Crippen molar-refractivity contribution < 1.29 is 5.11 Å². The fourth-order valence-corrected chi connectivity index (χ4v) is 4.01. The summed E-state index contributed by atoms with van der Waals surface area (Å²) in [5.74, 6) is 1.04. The smallest absolute Gasteiger partial charge is 0.231 e. The summed E-state index contributed by atoms with van der Waals surface area (Å²) in [6.07, 6.45) is 1.86. The molecule has 0 amide bonds. The third kappa shape index (κ3) is 3.76. The van der Waals surface area contributed by atoms with Crippen LogP contribution in [0.4, 0.5) is 16.5 Å². The van der Waals surface area contributed by atoms with Gasteiger partial charge in [-0.25, -0.2) is 9.98 Å². The zero-order chi connectivity index (χ0) is 19.8. The lowest BCUT2D eigenvalue weighted by molar-refractivity contribution is 0.457. The molecule has 1 aromatic heterocycles. The van der Waals surface area contributed by atoms with Crippen LogP contribution in [0, 0.1) is 5.92 Å². The molecule has 2 heterocycles. The molecule has 2 aromatic carbocycles. The van der Waals surface area contributed by atoms with Gasteiger partial charge in [-0.3, -0.25) is 0 Å². The number of benzene rings is 2. The normalized spacial score (nSPS) is 13.5. The van der Waals surface area contributed by atoms with Gasteiger partial charge in [0.1, 0.15) is 5.84 Å². The van der Waals surface area contributed by atoms with Gasteiger partial charge in [-0.05, 0) is 35.6 Å². The average molecular weight is 431 g/mol. The molecule has 8 heteroatoms. The first-order chi connectivity index (χ1) is 13.4. The molecule has 0 atom stereocenters. The van der Waals surface area contributed by atoms with Gasteiger partial charge in [-0.1, -0.05) is 60.5 Å². The third-order valence-corrected chi connectivity index (χ3v) is 5.65. The van der Waals surface area contributed by atoms with Crippen molar-refractivity contribution in [1.29, 1.82) is 0 Å². The number of anilines is 2. The highest BCUT2D eigenvalue weighted by molar-refractivity contribution is 7.16. The molecule has 4 rings (SSSR count). The standard InChI is InChI=1S/C20H16Cl2N4OS/c1-10(2)18-23-14-7-6-11(8-15(14)24-18)9-16-19(27)26-20(28-16)25-17-12(21)4-3-5-13(17)22/h3-10,27H,1-2H3,(H,25,26). The Balaban J connectivity index is 1.66. The molecule has 5 nitrogen and oxygen atoms in total. The van der Waals surface area contributed by atoms with Crippen molar-refractivity contribution in [2.45, 2.75) is 13.8 Å². The summed E-state index contributed by atoms with van der Waals surface area (Å²) in [7, 11) is 0. The van der Waals surface area contributed by atoms with Crippen molar-refractivity contribution in [3.8, 4) is 5.88 Å². The number of aromatic hydroxyl groups is 1. The third-order valence-electron chi connectivity index (χ3n) is 4.11. The molecule has 0 radical (unpaired) electrons. The number of hydrogen-bond acceptors (Lipinski definition) is 6. The second kappa shape index (κ2) is 7.54. The summed E-state index contributed by atoms with van der Waals surface area (Å²) in [4.78, 5) is 13.9. The molecule has 0 bridgehead atoms. The minimum Gasteiger partial charge on any atom is -0.492 e. The zero-order valence-corrected chi connectivity index (χ0v) is 17.4. The van der Waals surface area contributed by atoms with Crippen LogP contribution in [0.15, 0.2) is 46.4 Å². The zero-order valence-electron chi connectivity index (χ0n) is 15.1. The molecule has 0 saturated heterocycles. The highest BCUT2D eigenvalue weighted by atomic mass is 35.5. The van der Waals surface area contributed by atoms with Crippen LogP contribution in [0.3, 0.4) is 0 Å². The van der Waals surface area contributed by atoms with Crippen LogP contribution in [-0.2, 0) is 0 Å². The first kappa shape index (κ1) is 18.9. The Morgan fingerprint density at radius 1 is 1.11 bits per heavy atom. The van der Waals surface area contributed by atoms with Crippen molar-refractivity contribution in [1.82, 2.24) is 4.98 Å². The number of thiazole rings is 1. The Kier molecular flexibility index (Phi) is 5.10. The molecule has 28 heavy (non-hydrogen) atoms. The van der Waals surface area contributed by atoms with E-state index in [2.05, 4.69) is 34.1 Å². The number of halogens is 2. The van der Waals surface area contributed by atoms with E-state index in [-0.39, 0.29) is 11.8 Å². The fraction of sp³-hybridized carbons (Fsp3) is 0.150. The molecular formula is C20H16Cl2N4OS. The van der Waals surface area contributed by atoms with Gasteiger partial charge in [0.15, 0.2) is 5.13 Å². The van der Waals surface area contributed by atoms with Crippen LogP contribution in [-0.4, -0.2) is 15.9 Å². The number of aromatic nitrogens is 1. The van der Waals surface area contributed by atoms with Crippen molar-refractivity contribution in [3.05, 3.63) is 61.9 Å². The Labute approximate surface area is 175 Å². The van der Waals surface area contributed by atoms with Gasteiger partial charge in [0.25, 0.3) is 0 Å². The Hall–Kier alpha value is -2.41.